The molecule has 1 amide bonds. The highest BCUT2D eigenvalue weighted by Crippen LogP contribution is 2.13. The number of carboxylic acids is 1. The quantitative estimate of drug-likeness (QED) is 0.810. The van der Waals surface area contributed by atoms with E-state index in [2.05, 4.69) is 0 Å². The Morgan fingerprint density at radius 3 is 2.35 bits per heavy atom. The molecule has 0 aliphatic rings. The van der Waals surface area contributed by atoms with Crippen molar-refractivity contribution in [2.45, 2.75) is 13.8 Å². The van der Waals surface area contributed by atoms with E-state index < -0.39 is 5.97 Å². The molecular weight excluding hydrogens is 218 g/mol. The lowest BCUT2D eigenvalue weighted by Gasteiger charge is -2.19. The van der Waals surface area contributed by atoms with Gasteiger partial charge in [-0.25, -0.2) is 4.79 Å². The fourth-order valence-electron chi connectivity index (χ4n) is 1.40. The minimum Gasteiger partial charge on any atom is -0.478 e. The number of hydrogen-bond donors (Lipinski definition) is 1. The highest BCUT2D eigenvalue weighted by Gasteiger charge is 2.12. The number of carboxylic acid groups (broad SMARTS) is 1. The summed E-state index contributed by atoms with van der Waals surface area (Å²) in [6, 6.07) is 9.15. The van der Waals surface area contributed by atoms with Crippen LogP contribution in [0.4, 0.5) is 5.69 Å². The summed E-state index contributed by atoms with van der Waals surface area (Å²) < 4.78 is 0. The Bertz CT molecular complexity index is 437. The minimum absolute atomic E-state index is 0.0318. The molecule has 0 saturated carbocycles. The maximum atomic E-state index is 11.9. The molecule has 1 rings (SSSR count). The van der Waals surface area contributed by atoms with E-state index in [9.17, 15) is 9.59 Å². The van der Waals surface area contributed by atoms with Crippen LogP contribution in [0.5, 0.6) is 0 Å². The Kier molecular flexibility index (Phi) is 4.46. The molecule has 0 radical (unpaired) electrons. The van der Waals surface area contributed by atoms with Crippen LogP contribution < -0.4 is 4.90 Å². The average Bonchev–Trinajstić information content (AvgIpc) is 2.31. The molecule has 4 nitrogen and oxygen atoms in total. The van der Waals surface area contributed by atoms with Crippen molar-refractivity contribution in [3.8, 4) is 0 Å². The SMILES string of the molecule is CCN(C(=O)/C=C(\C)C(=O)O)c1ccccc1. The van der Waals surface area contributed by atoms with Crippen LogP contribution in [0.25, 0.3) is 0 Å². The second-order valence-electron chi connectivity index (χ2n) is 3.55. The number of aliphatic carboxylic acids is 1. The van der Waals surface area contributed by atoms with Crippen LogP contribution in [-0.4, -0.2) is 23.5 Å². The molecule has 4 heteroatoms. The third kappa shape index (κ3) is 3.45. The minimum atomic E-state index is -1.08. The van der Waals surface area contributed by atoms with Crippen molar-refractivity contribution in [1.29, 1.82) is 0 Å². The monoisotopic (exact) mass is 233 g/mol. The first-order chi connectivity index (χ1) is 8.06. The summed E-state index contributed by atoms with van der Waals surface area (Å²) >= 11 is 0. The highest BCUT2D eigenvalue weighted by atomic mass is 16.4. The lowest BCUT2D eigenvalue weighted by Crippen LogP contribution is -2.29. The zero-order valence-corrected chi connectivity index (χ0v) is 9.88. The van der Waals surface area contributed by atoms with E-state index in [1.807, 2.05) is 37.3 Å². The summed E-state index contributed by atoms with van der Waals surface area (Å²) in [7, 11) is 0. The van der Waals surface area contributed by atoms with Gasteiger partial charge in [0.15, 0.2) is 0 Å². The highest BCUT2D eigenvalue weighted by molar-refractivity contribution is 6.05. The fourth-order valence-corrected chi connectivity index (χ4v) is 1.40. The van der Waals surface area contributed by atoms with Crippen LogP contribution in [0.15, 0.2) is 42.0 Å². The van der Waals surface area contributed by atoms with Crippen LogP contribution in [-0.2, 0) is 9.59 Å². The first-order valence-electron chi connectivity index (χ1n) is 5.34. The molecule has 0 aliphatic heterocycles. The molecule has 0 saturated heterocycles. The van der Waals surface area contributed by atoms with E-state index in [1.54, 1.807) is 0 Å². The molecular formula is C13H15NO3. The van der Waals surface area contributed by atoms with Gasteiger partial charge in [-0.1, -0.05) is 18.2 Å². The topological polar surface area (TPSA) is 57.6 Å². The number of anilines is 1. The number of para-hydroxylation sites is 1. The van der Waals surface area contributed by atoms with Gasteiger partial charge in [-0.05, 0) is 26.0 Å². The second kappa shape index (κ2) is 5.84. The Balaban J connectivity index is 2.93. The van der Waals surface area contributed by atoms with Crippen molar-refractivity contribution in [2.75, 3.05) is 11.4 Å². The van der Waals surface area contributed by atoms with E-state index in [1.165, 1.54) is 11.8 Å². The molecule has 90 valence electrons. The number of likely N-dealkylation sites (N-methyl/N-ethyl adjacent to an activating group) is 1. The third-order valence-corrected chi connectivity index (χ3v) is 2.33. The van der Waals surface area contributed by atoms with Gasteiger partial charge in [0.2, 0.25) is 0 Å². The van der Waals surface area contributed by atoms with Gasteiger partial charge < -0.3 is 10.0 Å². The second-order valence-corrected chi connectivity index (χ2v) is 3.55. The zero-order chi connectivity index (χ0) is 12.8. The molecule has 1 aromatic carbocycles. The van der Waals surface area contributed by atoms with E-state index in [4.69, 9.17) is 5.11 Å². The molecule has 0 fully saturated rings. The zero-order valence-electron chi connectivity index (χ0n) is 9.88. The van der Waals surface area contributed by atoms with Gasteiger partial charge in [0.1, 0.15) is 0 Å². The van der Waals surface area contributed by atoms with Gasteiger partial charge in [-0.15, -0.1) is 0 Å². The van der Waals surface area contributed by atoms with E-state index in [0.29, 0.717) is 6.54 Å². The van der Waals surface area contributed by atoms with Gasteiger partial charge in [-0.3, -0.25) is 4.79 Å². The number of hydrogen-bond acceptors (Lipinski definition) is 2. The first-order valence-corrected chi connectivity index (χ1v) is 5.34. The van der Waals surface area contributed by atoms with Crippen molar-refractivity contribution in [3.05, 3.63) is 42.0 Å². The lowest BCUT2D eigenvalue weighted by molar-refractivity contribution is -0.132. The summed E-state index contributed by atoms with van der Waals surface area (Å²) in [5, 5.41) is 8.72. The van der Waals surface area contributed by atoms with Crippen molar-refractivity contribution in [3.63, 3.8) is 0 Å². The molecule has 0 atom stereocenters. The summed E-state index contributed by atoms with van der Waals surface area (Å²) in [4.78, 5) is 24.0. The van der Waals surface area contributed by atoms with Crippen LogP contribution in [0, 0.1) is 0 Å². The van der Waals surface area contributed by atoms with Crippen molar-refractivity contribution < 1.29 is 14.7 Å². The van der Waals surface area contributed by atoms with Gasteiger partial charge in [-0.2, -0.15) is 0 Å². The molecule has 0 heterocycles. The smallest absolute Gasteiger partial charge is 0.331 e. The van der Waals surface area contributed by atoms with E-state index in [-0.39, 0.29) is 11.5 Å². The number of amides is 1. The van der Waals surface area contributed by atoms with Crippen LogP contribution >= 0.6 is 0 Å². The molecule has 17 heavy (non-hydrogen) atoms. The summed E-state index contributed by atoms with van der Waals surface area (Å²) in [5.41, 5.74) is 0.791. The average molecular weight is 233 g/mol. The lowest BCUT2D eigenvalue weighted by atomic mass is 10.2. The van der Waals surface area contributed by atoms with Gasteiger partial charge in [0.05, 0.1) is 0 Å². The van der Waals surface area contributed by atoms with Crippen LogP contribution in [0.3, 0.4) is 0 Å². The van der Waals surface area contributed by atoms with Gasteiger partial charge in [0.25, 0.3) is 5.91 Å². The summed E-state index contributed by atoms with van der Waals surface area (Å²) in [5.74, 6) is -1.40. The standard InChI is InChI=1S/C13H15NO3/c1-3-14(11-7-5-4-6-8-11)12(15)9-10(2)13(16)17/h4-9H,3H2,1-2H3,(H,16,17)/b10-9+. The molecule has 0 aliphatic carbocycles. The fraction of sp³-hybridized carbons (Fsp3) is 0.231. The van der Waals surface area contributed by atoms with E-state index >= 15 is 0 Å². The van der Waals surface area contributed by atoms with Crippen LogP contribution in [0.1, 0.15) is 13.8 Å². The Hall–Kier alpha value is -2.10. The molecule has 1 N–H and O–H groups in total. The maximum Gasteiger partial charge on any atom is 0.331 e. The number of carbonyl (C=O) groups is 2. The predicted molar refractivity (Wildman–Crippen MR) is 65.9 cm³/mol. The number of nitrogens with zero attached hydrogens (tertiary/aromatic N) is 1. The summed E-state index contributed by atoms with van der Waals surface area (Å²) in [6.45, 7) is 3.74. The van der Waals surface area contributed by atoms with Gasteiger partial charge >= 0.3 is 5.97 Å². The van der Waals surface area contributed by atoms with Crippen LogP contribution in [0.2, 0.25) is 0 Å². The van der Waals surface area contributed by atoms with E-state index in [0.717, 1.165) is 11.8 Å². The number of rotatable bonds is 4. The maximum absolute atomic E-state index is 11.9. The largest absolute Gasteiger partial charge is 0.478 e. The van der Waals surface area contributed by atoms with Crippen molar-refractivity contribution in [2.24, 2.45) is 0 Å². The Morgan fingerprint density at radius 2 is 1.88 bits per heavy atom. The van der Waals surface area contributed by atoms with Crippen molar-refractivity contribution in [1.82, 2.24) is 0 Å². The molecule has 0 spiro atoms. The third-order valence-electron chi connectivity index (χ3n) is 2.33. The summed E-state index contributed by atoms with van der Waals surface area (Å²) in [6.07, 6.45) is 1.14. The normalized spacial score (nSPS) is 11.1. The first kappa shape index (κ1) is 13.0. The molecule has 0 aromatic heterocycles. The molecule has 1 aromatic rings. The van der Waals surface area contributed by atoms with Crippen molar-refractivity contribution >= 4 is 17.6 Å². The number of benzene rings is 1. The number of carbonyl (C=O) groups excluding carboxylic acids is 1. The Labute approximate surface area is 100 Å². The van der Waals surface area contributed by atoms with Gasteiger partial charge in [0, 0.05) is 23.9 Å². The molecule has 0 bridgehead atoms. The Morgan fingerprint density at radius 1 is 1.29 bits per heavy atom. The molecule has 0 unspecified atom stereocenters. The predicted octanol–water partition coefficient (Wildman–Crippen LogP) is 2.07.